The van der Waals surface area contributed by atoms with Crippen LogP contribution < -0.4 is 5.32 Å². The summed E-state index contributed by atoms with van der Waals surface area (Å²) in [5.74, 6) is -0.178. The molecule has 1 N–H and O–H groups in total. The van der Waals surface area contributed by atoms with Crippen molar-refractivity contribution < 1.29 is 4.79 Å². The first-order chi connectivity index (χ1) is 12.5. The molecule has 3 rings (SSSR count). The standard InChI is InChI=1S/C21H20ClN3O/c1-15-21(23-20(26)12-11-17-7-4-3-5-8-17)16(2)25(24-15)14-18-9-6-10-19(22)13-18/h3-13H,14H2,1-2H3,(H,23,26)/b12-11+. The van der Waals surface area contributed by atoms with Crippen molar-refractivity contribution in [3.63, 3.8) is 0 Å². The van der Waals surface area contributed by atoms with E-state index in [9.17, 15) is 4.79 Å². The third kappa shape index (κ3) is 4.41. The minimum atomic E-state index is -0.178. The number of benzene rings is 2. The highest BCUT2D eigenvalue weighted by atomic mass is 35.5. The highest BCUT2D eigenvalue weighted by Gasteiger charge is 2.13. The fraction of sp³-hybridized carbons (Fsp3) is 0.143. The highest BCUT2D eigenvalue weighted by molar-refractivity contribution is 6.30. The quantitative estimate of drug-likeness (QED) is 0.657. The van der Waals surface area contributed by atoms with Gasteiger partial charge in [-0.3, -0.25) is 9.48 Å². The van der Waals surface area contributed by atoms with Gasteiger partial charge in [-0.25, -0.2) is 0 Å². The Labute approximate surface area is 158 Å². The van der Waals surface area contributed by atoms with Crippen molar-refractivity contribution in [3.8, 4) is 0 Å². The van der Waals surface area contributed by atoms with Crippen molar-refractivity contribution in [2.45, 2.75) is 20.4 Å². The first-order valence-corrected chi connectivity index (χ1v) is 8.73. The van der Waals surface area contributed by atoms with Crippen LogP contribution in [0.1, 0.15) is 22.5 Å². The number of aromatic nitrogens is 2. The Balaban J connectivity index is 1.73. The molecule has 0 radical (unpaired) electrons. The Bertz CT molecular complexity index is 945. The second-order valence-corrected chi connectivity index (χ2v) is 6.50. The van der Waals surface area contributed by atoms with Gasteiger partial charge in [0.25, 0.3) is 0 Å². The SMILES string of the molecule is Cc1nn(Cc2cccc(Cl)c2)c(C)c1NC(=O)/C=C/c1ccccc1. The molecule has 0 atom stereocenters. The van der Waals surface area contributed by atoms with Crippen LogP contribution >= 0.6 is 11.6 Å². The summed E-state index contributed by atoms with van der Waals surface area (Å²) in [7, 11) is 0. The van der Waals surface area contributed by atoms with E-state index >= 15 is 0 Å². The lowest BCUT2D eigenvalue weighted by Gasteiger charge is -2.06. The van der Waals surface area contributed by atoms with E-state index in [1.165, 1.54) is 6.08 Å². The molecule has 0 saturated carbocycles. The van der Waals surface area contributed by atoms with E-state index in [2.05, 4.69) is 10.4 Å². The molecule has 5 heteroatoms. The molecule has 0 aliphatic rings. The van der Waals surface area contributed by atoms with Crippen molar-refractivity contribution in [2.75, 3.05) is 5.32 Å². The Hall–Kier alpha value is -2.85. The van der Waals surface area contributed by atoms with Crippen LogP contribution in [0.15, 0.2) is 60.7 Å². The monoisotopic (exact) mass is 365 g/mol. The molecule has 1 heterocycles. The van der Waals surface area contributed by atoms with E-state index in [1.807, 2.05) is 73.1 Å². The van der Waals surface area contributed by atoms with E-state index in [1.54, 1.807) is 6.08 Å². The van der Waals surface area contributed by atoms with Gasteiger partial charge in [0.05, 0.1) is 23.6 Å². The average Bonchev–Trinajstić information content (AvgIpc) is 2.88. The van der Waals surface area contributed by atoms with Gasteiger partial charge >= 0.3 is 0 Å². The Kier molecular flexibility index (Phi) is 5.54. The second-order valence-electron chi connectivity index (χ2n) is 6.07. The van der Waals surface area contributed by atoms with Gasteiger partial charge in [-0.1, -0.05) is 54.1 Å². The first-order valence-electron chi connectivity index (χ1n) is 8.35. The summed E-state index contributed by atoms with van der Waals surface area (Å²) in [6.45, 7) is 4.43. The molecule has 1 amide bonds. The third-order valence-corrected chi connectivity index (χ3v) is 4.31. The molecule has 1 aromatic heterocycles. The average molecular weight is 366 g/mol. The van der Waals surface area contributed by atoms with Gasteiger partial charge in [0.2, 0.25) is 5.91 Å². The van der Waals surface area contributed by atoms with Crippen molar-refractivity contribution in [3.05, 3.63) is 88.2 Å². The number of hydrogen-bond acceptors (Lipinski definition) is 2. The lowest BCUT2D eigenvalue weighted by Crippen LogP contribution is -2.10. The van der Waals surface area contributed by atoms with Gasteiger partial charge in [-0.15, -0.1) is 0 Å². The van der Waals surface area contributed by atoms with Crippen molar-refractivity contribution in [1.82, 2.24) is 9.78 Å². The Morgan fingerprint density at radius 3 is 2.65 bits per heavy atom. The van der Waals surface area contributed by atoms with Crippen LogP contribution in [0.5, 0.6) is 0 Å². The molecule has 0 aliphatic heterocycles. The van der Waals surface area contributed by atoms with E-state index < -0.39 is 0 Å². The number of amides is 1. The number of hydrogen-bond donors (Lipinski definition) is 1. The summed E-state index contributed by atoms with van der Waals surface area (Å²) in [4.78, 5) is 12.3. The van der Waals surface area contributed by atoms with Gasteiger partial charge in [-0.05, 0) is 43.2 Å². The number of nitrogens with one attached hydrogen (secondary N) is 1. The van der Waals surface area contributed by atoms with Gasteiger partial charge < -0.3 is 5.32 Å². The predicted molar refractivity (Wildman–Crippen MR) is 106 cm³/mol. The zero-order valence-corrected chi connectivity index (χ0v) is 15.5. The number of carbonyl (C=O) groups excluding carboxylic acids is 1. The van der Waals surface area contributed by atoms with Crippen molar-refractivity contribution in [2.24, 2.45) is 0 Å². The molecular weight excluding hydrogens is 346 g/mol. The molecule has 0 saturated heterocycles. The maximum absolute atomic E-state index is 12.3. The molecule has 3 aromatic rings. The van der Waals surface area contributed by atoms with E-state index in [-0.39, 0.29) is 5.91 Å². The van der Waals surface area contributed by atoms with Gasteiger partial charge in [0.1, 0.15) is 0 Å². The maximum atomic E-state index is 12.3. The van der Waals surface area contributed by atoms with Gasteiger partial charge in [-0.2, -0.15) is 5.10 Å². The normalized spacial score (nSPS) is 11.0. The summed E-state index contributed by atoms with van der Waals surface area (Å²) < 4.78 is 1.87. The van der Waals surface area contributed by atoms with Gasteiger partial charge in [0, 0.05) is 11.1 Å². The fourth-order valence-electron chi connectivity index (χ4n) is 2.74. The van der Waals surface area contributed by atoms with Crippen molar-refractivity contribution in [1.29, 1.82) is 0 Å². The van der Waals surface area contributed by atoms with E-state index in [4.69, 9.17) is 11.6 Å². The lowest BCUT2D eigenvalue weighted by molar-refractivity contribution is -0.111. The molecule has 0 spiro atoms. The smallest absolute Gasteiger partial charge is 0.248 e. The summed E-state index contributed by atoms with van der Waals surface area (Å²) in [6.07, 6.45) is 3.32. The molecule has 26 heavy (non-hydrogen) atoms. The number of rotatable bonds is 5. The van der Waals surface area contributed by atoms with Crippen LogP contribution in [0.4, 0.5) is 5.69 Å². The van der Waals surface area contributed by atoms with Crippen LogP contribution in [0.25, 0.3) is 6.08 Å². The molecule has 2 aromatic carbocycles. The Morgan fingerprint density at radius 1 is 1.15 bits per heavy atom. The topological polar surface area (TPSA) is 46.9 Å². The minimum Gasteiger partial charge on any atom is -0.319 e. The number of anilines is 1. The van der Waals surface area contributed by atoms with Gasteiger partial charge in [0.15, 0.2) is 0 Å². The summed E-state index contributed by atoms with van der Waals surface area (Å²) in [5.41, 5.74) is 4.47. The van der Waals surface area contributed by atoms with E-state index in [0.717, 1.165) is 28.2 Å². The van der Waals surface area contributed by atoms with Crippen LogP contribution in [0.2, 0.25) is 5.02 Å². The number of carbonyl (C=O) groups is 1. The zero-order chi connectivity index (χ0) is 18.5. The fourth-order valence-corrected chi connectivity index (χ4v) is 2.95. The molecule has 0 aliphatic carbocycles. The predicted octanol–water partition coefficient (Wildman–Crippen LogP) is 4.85. The third-order valence-electron chi connectivity index (χ3n) is 4.08. The largest absolute Gasteiger partial charge is 0.319 e. The minimum absolute atomic E-state index is 0.178. The number of halogens is 1. The maximum Gasteiger partial charge on any atom is 0.248 e. The second kappa shape index (κ2) is 8.02. The van der Waals surface area contributed by atoms with Crippen LogP contribution in [0.3, 0.4) is 0 Å². The highest BCUT2D eigenvalue weighted by Crippen LogP contribution is 2.21. The van der Waals surface area contributed by atoms with Crippen LogP contribution in [0, 0.1) is 13.8 Å². The zero-order valence-electron chi connectivity index (χ0n) is 14.7. The summed E-state index contributed by atoms with van der Waals surface area (Å²) in [6, 6.07) is 17.4. The molecule has 0 unspecified atom stereocenters. The molecule has 4 nitrogen and oxygen atoms in total. The molecular formula is C21H20ClN3O. The molecule has 0 bridgehead atoms. The molecule has 0 fully saturated rings. The number of nitrogens with zero attached hydrogens (tertiary/aromatic N) is 2. The van der Waals surface area contributed by atoms with E-state index in [0.29, 0.717) is 11.6 Å². The summed E-state index contributed by atoms with van der Waals surface area (Å²) >= 11 is 6.05. The van der Waals surface area contributed by atoms with Crippen LogP contribution in [-0.2, 0) is 11.3 Å². The van der Waals surface area contributed by atoms with Crippen LogP contribution in [-0.4, -0.2) is 15.7 Å². The Morgan fingerprint density at radius 2 is 1.92 bits per heavy atom. The number of aryl methyl sites for hydroxylation is 1. The van der Waals surface area contributed by atoms with Crippen molar-refractivity contribution >= 4 is 29.3 Å². The first kappa shape index (κ1) is 18.0. The summed E-state index contributed by atoms with van der Waals surface area (Å²) in [5, 5.41) is 8.17. The lowest BCUT2D eigenvalue weighted by atomic mass is 10.2. The molecule has 132 valence electrons.